The molecule has 0 unspecified atom stereocenters. The van der Waals surface area contributed by atoms with E-state index in [2.05, 4.69) is 15.6 Å². The van der Waals surface area contributed by atoms with Gasteiger partial charge in [0.15, 0.2) is 5.13 Å². The minimum Gasteiger partial charge on any atom is -0.325 e. The van der Waals surface area contributed by atoms with Crippen LogP contribution in [0.3, 0.4) is 0 Å². The Hall–Kier alpha value is -3.20. The molecule has 2 aromatic carbocycles. The highest BCUT2D eigenvalue weighted by Gasteiger charge is 2.33. The van der Waals surface area contributed by atoms with E-state index in [1.165, 1.54) is 18.2 Å². The lowest BCUT2D eigenvalue weighted by Crippen LogP contribution is -2.18. The first-order chi connectivity index (χ1) is 13.8. The lowest BCUT2D eigenvalue weighted by Gasteiger charge is -2.13. The molecule has 1 heterocycles. The Labute approximate surface area is 168 Å². The molecule has 0 aliphatic heterocycles. The molecule has 9 heteroatoms. The molecule has 0 radical (unpaired) electrons. The van der Waals surface area contributed by atoms with E-state index in [1.807, 2.05) is 30.3 Å². The summed E-state index contributed by atoms with van der Waals surface area (Å²) in [5.74, 6) is -0.880. The number of alkyl halides is 3. The first-order valence-electron chi connectivity index (χ1n) is 8.55. The number of amides is 2. The number of halogens is 3. The number of nitrogens with zero attached hydrogens (tertiary/aromatic N) is 1. The Balaban J connectivity index is 1.58. The maximum absolute atomic E-state index is 13.0. The van der Waals surface area contributed by atoms with E-state index >= 15 is 0 Å². The molecular weight excluding hydrogens is 403 g/mol. The number of aromatic nitrogens is 1. The van der Waals surface area contributed by atoms with Gasteiger partial charge >= 0.3 is 6.18 Å². The van der Waals surface area contributed by atoms with E-state index in [4.69, 9.17) is 0 Å². The number of carbonyl (C=O) groups excluding carboxylic acids is 2. The molecule has 2 N–H and O–H groups in total. The molecule has 0 aliphatic carbocycles. The topological polar surface area (TPSA) is 71.1 Å². The largest absolute Gasteiger partial charge is 0.418 e. The predicted molar refractivity (Wildman–Crippen MR) is 105 cm³/mol. The van der Waals surface area contributed by atoms with Crippen LogP contribution in [0.4, 0.5) is 24.0 Å². The summed E-state index contributed by atoms with van der Waals surface area (Å²) in [6, 6.07) is 13.9. The number of hydrogen-bond donors (Lipinski definition) is 2. The summed E-state index contributed by atoms with van der Waals surface area (Å²) in [4.78, 5) is 28.3. The molecule has 0 saturated heterocycles. The summed E-state index contributed by atoms with van der Waals surface area (Å²) in [5.41, 5.74) is -0.0198. The Morgan fingerprint density at radius 1 is 0.897 bits per heavy atom. The average molecular weight is 419 g/mol. The zero-order valence-electron chi connectivity index (χ0n) is 15.0. The normalized spacial score (nSPS) is 11.1. The monoisotopic (exact) mass is 419 g/mol. The van der Waals surface area contributed by atoms with E-state index in [9.17, 15) is 22.8 Å². The van der Waals surface area contributed by atoms with E-state index in [0.717, 1.165) is 23.0 Å². The lowest BCUT2D eigenvalue weighted by molar-refractivity contribution is -0.137. The number of thiazole rings is 1. The van der Waals surface area contributed by atoms with Crippen molar-refractivity contribution in [2.45, 2.75) is 19.0 Å². The smallest absolute Gasteiger partial charge is 0.325 e. The van der Waals surface area contributed by atoms with Crippen molar-refractivity contribution in [1.82, 2.24) is 4.98 Å². The fourth-order valence-electron chi connectivity index (χ4n) is 2.59. The Morgan fingerprint density at radius 3 is 2.28 bits per heavy atom. The van der Waals surface area contributed by atoms with Gasteiger partial charge in [-0.2, -0.15) is 13.2 Å². The fourth-order valence-corrected chi connectivity index (χ4v) is 3.31. The molecule has 29 heavy (non-hydrogen) atoms. The Kier molecular flexibility index (Phi) is 6.28. The predicted octanol–water partition coefficient (Wildman–Crippen LogP) is 4.52. The number of carbonyl (C=O) groups is 2. The zero-order valence-corrected chi connectivity index (χ0v) is 15.8. The molecule has 0 fully saturated rings. The van der Waals surface area contributed by atoms with Crippen molar-refractivity contribution in [3.63, 3.8) is 0 Å². The van der Waals surface area contributed by atoms with Crippen molar-refractivity contribution in [2.24, 2.45) is 0 Å². The molecule has 3 rings (SSSR count). The van der Waals surface area contributed by atoms with Crippen molar-refractivity contribution in [2.75, 3.05) is 10.6 Å². The number of anilines is 2. The maximum Gasteiger partial charge on any atom is 0.418 e. The summed E-state index contributed by atoms with van der Waals surface area (Å²) in [7, 11) is 0. The highest BCUT2D eigenvalue weighted by molar-refractivity contribution is 7.13. The van der Waals surface area contributed by atoms with Crippen LogP contribution in [0.5, 0.6) is 0 Å². The summed E-state index contributed by atoms with van der Waals surface area (Å²) in [5, 5.41) is 6.82. The number of benzene rings is 2. The van der Waals surface area contributed by atoms with Crippen LogP contribution in [0.15, 0.2) is 60.0 Å². The second-order valence-electron chi connectivity index (χ2n) is 6.12. The summed E-state index contributed by atoms with van der Waals surface area (Å²) < 4.78 is 39.0. The number of nitrogens with one attached hydrogen (secondary N) is 2. The highest BCUT2D eigenvalue weighted by atomic mass is 32.1. The van der Waals surface area contributed by atoms with Crippen molar-refractivity contribution in [3.05, 3.63) is 76.8 Å². The Morgan fingerprint density at radius 2 is 1.55 bits per heavy atom. The molecule has 0 saturated carbocycles. The molecule has 5 nitrogen and oxygen atoms in total. The highest BCUT2D eigenvalue weighted by Crippen LogP contribution is 2.34. The third-order valence-electron chi connectivity index (χ3n) is 3.85. The third-order valence-corrected chi connectivity index (χ3v) is 4.66. The third kappa shape index (κ3) is 5.89. The van der Waals surface area contributed by atoms with Crippen LogP contribution in [0.2, 0.25) is 0 Å². The molecular formula is C20H16F3N3O2S. The number of hydrogen-bond acceptors (Lipinski definition) is 4. The maximum atomic E-state index is 13.0. The molecule has 0 atom stereocenters. The van der Waals surface area contributed by atoms with Gasteiger partial charge in [-0.3, -0.25) is 9.59 Å². The van der Waals surface area contributed by atoms with Crippen LogP contribution < -0.4 is 10.6 Å². The molecule has 2 amide bonds. The van der Waals surface area contributed by atoms with Gasteiger partial charge < -0.3 is 10.6 Å². The molecule has 3 aromatic rings. The lowest BCUT2D eigenvalue weighted by atomic mass is 10.1. The van der Waals surface area contributed by atoms with E-state index in [1.54, 1.807) is 5.38 Å². The second-order valence-corrected chi connectivity index (χ2v) is 6.98. The minimum absolute atomic E-state index is 0.185. The fraction of sp³-hybridized carbons (Fsp3) is 0.150. The van der Waals surface area contributed by atoms with Gasteiger partial charge in [0.25, 0.3) is 0 Å². The summed E-state index contributed by atoms with van der Waals surface area (Å²) >= 11 is 1.14. The van der Waals surface area contributed by atoms with Crippen molar-refractivity contribution >= 4 is 34.0 Å². The molecule has 1 aromatic heterocycles. The zero-order chi connectivity index (χ0) is 20.9. The van der Waals surface area contributed by atoms with Crippen molar-refractivity contribution in [1.29, 1.82) is 0 Å². The van der Waals surface area contributed by atoms with Crippen molar-refractivity contribution in [3.8, 4) is 0 Å². The number of rotatable bonds is 6. The minimum atomic E-state index is -4.57. The van der Waals surface area contributed by atoms with Gasteiger partial charge in [-0.15, -0.1) is 11.3 Å². The van der Waals surface area contributed by atoms with Gasteiger partial charge in [-0.1, -0.05) is 42.5 Å². The standard InChI is InChI=1S/C20H16F3N3O2S/c21-20(22,23)15-8-4-5-9-16(15)25-18(28)11-14-12-29-19(24-14)26-17(27)10-13-6-2-1-3-7-13/h1-9,12H,10-11H2,(H,25,28)(H,24,26,27). The van der Waals surface area contributed by atoms with E-state index in [-0.39, 0.29) is 24.4 Å². The first-order valence-corrected chi connectivity index (χ1v) is 9.43. The van der Waals surface area contributed by atoms with Gasteiger partial charge in [0.05, 0.1) is 29.8 Å². The van der Waals surface area contributed by atoms with E-state index < -0.39 is 17.6 Å². The SMILES string of the molecule is O=C(Cc1ccccc1)Nc1nc(CC(=O)Nc2ccccc2C(F)(F)F)cs1. The molecule has 0 spiro atoms. The quantitative estimate of drug-likeness (QED) is 0.617. The first kappa shape index (κ1) is 20.5. The van der Waals surface area contributed by atoms with Crippen LogP contribution in [0.25, 0.3) is 0 Å². The van der Waals surface area contributed by atoms with Gasteiger partial charge in [0.1, 0.15) is 0 Å². The molecule has 0 aliphatic rings. The van der Waals surface area contributed by atoms with Crippen LogP contribution in [-0.2, 0) is 28.6 Å². The Bertz CT molecular complexity index is 1000. The molecule has 150 valence electrons. The van der Waals surface area contributed by atoms with Crippen LogP contribution in [0.1, 0.15) is 16.8 Å². The van der Waals surface area contributed by atoms with Gasteiger partial charge in [-0.05, 0) is 17.7 Å². The van der Waals surface area contributed by atoms with Crippen molar-refractivity contribution < 1.29 is 22.8 Å². The van der Waals surface area contributed by atoms with Crippen LogP contribution >= 0.6 is 11.3 Å². The van der Waals surface area contributed by atoms with Gasteiger partial charge in [0, 0.05) is 5.38 Å². The number of para-hydroxylation sites is 1. The van der Waals surface area contributed by atoms with Gasteiger partial charge in [-0.25, -0.2) is 4.98 Å². The summed E-state index contributed by atoms with van der Waals surface area (Å²) in [6.45, 7) is 0. The molecule has 0 bridgehead atoms. The second kappa shape index (κ2) is 8.87. The summed E-state index contributed by atoms with van der Waals surface area (Å²) in [6.07, 6.45) is -4.59. The van der Waals surface area contributed by atoms with Crippen LogP contribution in [0, 0.1) is 0 Å². The van der Waals surface area contributed by atoms with E-state index in [0.29, 0.717) is 10.8 Å². The van der Waals surface area contributed by atoms with Crippen LogP contribution in [-0.4, -0.2) is 16.8 Å². The van der Waals surface area contributed by atoms with Gasteiger partial charge in [0.2, 0.25) is 11.8 Å². The average Bonchev–Trinajstić information content (AvgIpc) is 3.08.